The normalized spacial score (nSPS) is 22.3. The molecule has 1 aliphatic rings. The van der Waals surface area contributed by atoms with Gasteiger partial charge in [-0.15, -0.1) is 0 Å². The van der Waals surface area contributed by atoms with Gasteiger partial charge in [0.2, 0.25) is 0 Å². The minimum Gasteiger partial charge on any atom is -0.383 e. The minimum atomic E-state index is 0.532. The molecule has 108 valence electrons. The Morgan fingerprint density at radius 1 is 1.33 bits per heavy atom. The van der Waals surface area contributed by atoms with Crippen molar-refractivity contribution in [3.63, 3.8) is 0 Å². The molecule has 3 heteroatoms. The Kier molecular flexibility index (Phi) is 6.61. The van der Waals surface area contributed by atoms with Gasteiger partial charge in [-0.1, -0.05) is 13.8 Å². The summed E-state index contributed by atoms with van der Waals surface area (Å²) in [6.45, 7) is 6.40. The summed E-state index contributed by atoms with van der Waals surface area (Å²) < 4.78 is 5.37. The van der Waals surface area contributed by atoms with Crippen LogP contribution < -0.4 is 5.73 Å². The van der Waals surface area contributed by atoms with Crippen LogP contribution in [0.2, 0.25) is 0 Å². The maximum Gasteiger partial charge on any atom is 0.0618 e. The van der Waals surface area contributed by atoms with Crippen LogP contribution in [0.4, 0.5) is 0 Å². The maximum atomic E-state index is 5.63. The summed E-state index contributed by atoms with van der Waals surface area (Å²) in [6.07, 6.45) is 7.59. The summed E-state index contributed by atoms with van der Waals surface area (Å²) in [6, 6.07) is 1.26. The van der Waals surface area contributed by atoms with Crippen LogP contribution in [0.25, 0.3) is 0 Å². The van der Waals surface area contributed by atoms with Crippen molar-refractivity contribution in [3.05, 3.63) is 0 Å². The van der Waals surface area contributed by atoms with Crippen LogP contribution in [0.5, 0.6) is 0 Å². The van der Waals surface area contributed by atoms with Crippen LogP contribution in [0.15, 0.2) is 0 Å². The molecular formula is C15H32N2O. The summed E-state index contributed by atoms with van der Waals surface area (Å²) in [5.74, 6) is 0. The molecule has 1 saturated carbocycles. The number of methoxy groups -OCH3 is 1. The molecule has 1 aliphatic carbocycles. The molecule has 0 heterocycles. The van der Waals surface area contributed by atoms with Gasteiger partial charge in [-0.25, -0.2) is 0 Å². The van der Waals surface area contributed by atoms with E-state index in [1.807, 2.05) is 0 Å². The number of rotatable bonds is 7. The van der Waals surface area contributed by atoms with Gasteiger partial charge in [-0.05, 0) is 57.5 Å². The largest absolute Gasteiger partial charge is 0.383 e. The van der Waals surface area contributed by atoms with Gasteiger partial charge >= 0.3 is 0 Å². The molecule has 0 aliphatic heterocycles. The molecule has 0 spiro atoms. The van der Waals surface area contributed by atoms with Crippen molar-refractivity contribution in [2.75, 3.05) is 27.3 Å². The molecule has 2 N–H and O–H groups in total. The van der Waals surface area contributed by atoms with Crippen molar-refractivity contribution in [2.24, 2.45) is 11.1 Å². The van der Waals surface area contributed by atoms with Gasteiger partial charge in [0.05, 0.1) is 6.61 Å². The molecule has 0 amide bonds. The maximum absolute atomic E-state index is 5.63. The van der Waals surface area contributed by atoms with Crippen molar-refractivity contribution in [1.29, 1.82) is 0 Å². The molecule has 0 radical (unpaired) electrons. The summed E-state index contributed by atoms with van der Waals surface area (Å²) in [5.41, 5.74) is 6.17. The third kappa shape index (κ3) is 4.87. The van der Waals surface area contributed by atoms with Gasteiger partial charge in [0.15, 0.2) is 0 Å². The van der Waals surface area contributed by atoms with Crippen molar-refractivity contribution in [2.45, 2.75) is 64.5 Å². The second-order valence-electron chi connectivity index (χ2n) is 6.60. The predicted octanol–water partition coefficient (Wildman–Crippen LogP) is 2.64. The Balaban J connectivity index is 2.46. The summed E-state index contributed by atoms with van der Waals surface area (Å²) in [4.78, 5) is 2.55. The Morgan fingerprint density at radius 3 is 2.44 bits per heavy atom. The zero-order chi connectivity index (χ0) is 13.6. The van der Waals surface area contributed by atoms with Crippen molar-refractivity contribution >= 4 is 0 Å². The van der Waals surface area contributed by atoms with E-state index in [9.17, 15) is 0 Å². The van der Waals surface area contributed by atoms with Gasteiger partial charge in [0.1, 0.15) is 0 Å². The lowest BCUT2D eigenvalue weighted by molar-refractivity contribution is 0.0453. The first-order chi connectivity index (χ1) is 8.50. The van der Waals surface area contributed by atoms with Crippen LogP contribution in [0.1, 0.15) is 52.4 Å². The highest BCUT2D eigenvalue weighted by molar-refractivity contribution is 4.85. The van der Waals surface area contributed by atoms with Gasteiger partial charge in [-0.2, -0.15) is 0 Å². The number of hydrogen-bond acceptors (Lipinski definition) is 3. The van der Waals surface area contributed by atoms with E-state index >= 15 is 0 Å². The highest BCUT2D eigenvalue weighted by atomic mass is 16.5. The minimum absolute atomic E-state index is 0.532. The van der Waals surface area contributed by atoms with Gasteiger partial charge < -0.3 is 10.5 Å². The van der Waals surface area contributed by atoms with Gasteiger partial charge in [-0.3, -0.25) is 4.90 Å². The molecule has 1 rings (SSSR count). The lowest BCUT2D eigenvalue weighted by Gasteiger charge is -2.41. The first kappa shape index (κ1) is 15.9. The third-order valence-electron chi connectivity index (χ3n) is 4.56. The van der Waals surface area contributed by atoms with Crippen LogP contribution in [0.3, 0.4) is 0 Å². The lowest BCUT2D eigenvalue weighted by atomic mass is 9.75. The fourth-order valence-electron chi connectivity index (χ4n) is 3.04. The zero-order valence-electron chi connectivity index (χ0n) is 12.7. The van der Waals surface area contributed by atoms with Gasteiger partial charge in [0, 0.05) is 19.2 Å². The van der Waals surface area contributed by atoms with Crippen molar-refractivity contribution in [3.8, 4) is 0 Å². The summed E-state index contributed by atoms with van der Waals surface area (Å²) >= 11 is 0. The molecule has 1 atom stereocenters. The molecule has 3 nitrogen and oxygen atoms in total. The first-order valence-electron chi connectivity index (χ1n) is 7.41. The average Bonchev–Trinajstić information content (AvgIpc) is 2.33. The quantitative estimate of drug-likeness (QED) is 0.761. The number of hydrogen-bond donors (Lipinski definition) is 1. The number of nitrogens with zero attached hydrogens (tertiary/aromatic N) is 1. The smallest absolute Gasteiger partial charge is 0.0618 e. The Labute approximate surface area is 113 Å². The number of ether oxygens (including phenoxy) is 1. The van der Waals surface area contributed by atoms with Crippen molar-refractivity contribution in [1.82, 2.24) is 4.90 Å². The summed E-state index contributed by atoms with van der Waals surface area (Å²) in [5, 5.41) is 0. The average molecular weight is 256 g/mol. The zero-order valence-corrected chi connectivity index (χ0v) is 12.7. The molecule has 0 bridgehead atoms. The molecule has 0 aromatic carbocycles. The Hall–Kier alpha value is -0.120. The Bertz CT molecular complexity index is 221. The fraction of sp³-hybridized carbons (Fsp3) is 1.00. The van der Waals surface area contributed by atoms with Gasteiger partial charge in [0.25, 0.3) is 0 Å². The number of nitrogens with two attached hydrogens (primary N) is 1. The lowest BCUT2D eigenvalue weighted by Crippen LogP contribution is -2.45. The molecule has 1 unspecified atom stereocenters. The SMILES string of the molecule is COCC(CCCN)N(C)C1CCC(C)(C)CC1. The first-order valence-corrected chi connectivity index (χ1v) is 7.41. The van der Waals surface area contributed by atoms with E-state index in [1.165, 1.54) is 25.7 Å². The van der Waals surface area contributed by atoms with Crippen molar-refractivity contribution < 1.29 is 4.74 Å². The third-order valence-corrected chi connectivity index (χ3v) is 4.56. The molecule has 0 aromatic heterocycles. The molecule has 0 aromatic rings. The van der Waals surface area contributed by atoms with Crippen LogP contribution in [-0.2, 0) is 4.74 Å². The van der Waals surface area contributed by atoms with E-state index in [1.54, 1.807) is 7.11 Å². The molecule has 1 fully saturated rings. The molecular weight excluding hydrogens is 224 g/mol. The summed E-state index contributed by atoms with van der Waals surface area (Å²) in [7, 11) is 4.07. The second-order valence-corrected chi connectivity index (χ2v) is 6.60. The van der Waals surface area contributed by atoms with E-state index in [0.717, 1.165) is 32.0 Å². The van der Waals surface area contributed by atoms with E-state index < -0.39 is 0 Å². The predicted molar refractivity (Wildman–Crippen MR) is 77.8 cm³/mol. The van der Waals surface area contributed by atoms with E-state index in [-0.39, 0.29) is 0 Å². The van der Waals surface area contributed by atoms with Crippen LogP contribution in [-0.4, -0.2) is 44.3 Å². The van der Waals surface area contributed by atoms with E-state index in [0.29, 0.717) is 11.5 Å². The standard InChI is InChI=1S/C15H32N2O/c1-15(2)9-7-13(8-10-15)17(3)14(12-18-4)6-5-11-16/h13-14H,5-12,16H2,1-4H3. The fourth-order valence-corrected chi connectivity index (χ4v) is 3.04. The topological polar surface area (TPSA) is 38.5 Å². The van der Waals surface area contributed by atoms with Crippen LogP contribution in [0, 0.1) is 5.41 Å². The number of likely N-dealkylation sites (N-methyl/N-ethyl adjacent to an activating group) is 1. The highest BCUT2D eigenvalue weighted by Gasteiger charge is 2.31. The van der Waals surface area contributed by atoms with E-state index in [4.69, 9.17) is 10.5 Å². The highest BCUT2D eigenvalue weighted by Crippen LogP contribution is 2.37. The van der Waals surface area contributed by atoms with E-state index in [2.05, 4.69) is 25.8 Å². The monoisotopic (exact) mass is 256 g/mol. The Morgan fingerprint density at radius 2 is 1.94 bits per heavy atom. The van der Waals surface area contributed by atoms with Crippen LogP contribution >= 0.6 is 0 Å². The molecule has 0 saturated heterocycles. The second kappa shape index (κ2) is 7.46. The molecule has 18 heavy (non-hydrogen) atoms.